The highest BCUT2D eigenvalue weighted by atomic mass is 16.6. The number of methoxy groups -OCH3 is 2. The molecule has 7 nitrogen and oxygen atoms in total. The third kappa shape index (κ3) is 4.69. The average Bonchev–Trinajstić information content (AvgIpc) is 3.29. The Morgan fingerprint density at radius 2 is 1.97 bits per heavy atom. The Balaban J connectivity index is 1.78. The van der Waals surface area contributed by atoms with Gasteiger partial charge in [-0.1, -0.05) is 19.9 Å². The van der Waals surface area contributed by atoms with Gasteiger partial charge >= 0.3 is 5.97 Å². The summed E-state index contributed by atoms with van der Waals surface area (Å²) in [6.45, 7) is 6.87. The molecule has 0 amide bonds. The van der Waals surface area contributed by atoms with Crippen molar-refractivity contribution in [3.05, 3.63) is 35.0 Å². The number of esters is 1. The molecule has 0 bridgehead atoms. The Hall–Kier alpha value is -2.67. The zero-order chi connectivity index (χ0) is 23.8. The van der Waals surface area contributed by atoms with Crippen molar-refractivity contribution in [1.29, 1.82) is 0 Å². The summed E-state index contributed by atoms with van der Waals surface area (Å²) in [5.41, 5.74) is 2.42. The molecule has 1 aliphatic carbocycles. The van der Waals surface area contributed by atoms with E-state index in [-0.39, 0.29) is 23.9 Å². The number of carbonyl (C=O) groups is 2. The minimum Gasteiger partial charge on any atom is -0.497 e. The van der Waals surface area contributed by atoms with Crippen molar-refractivity contribution < 1.29 is 28.5 Å². The molecule has 2 heterocycles. The maximum absolute atomic E-state index is 13.5. The number of benzene rings is 1. The SMILES string of the molecule is COc1ccc([C@H]2C(C(=O)OC[C@H]3CCCO3)=C(C)N=C3CC(C)(C)CC(=O)[C@H]32)c(OC)c1. The average molecular weight is 456 g/mol. The van der Waals surface area contributed by atoms with Crippen LogP contribution >= 0.6 is 0 Å². The van der Waals surface area contributed by atoms with E-state index in [1.54, 1.807) is 20.3 Å². The Morgan fingerprint density at radius 1 is 1.18 bits per heavy atom. The number of hydrogen-bond acceptors (Lipinski definition) is 7. The van der Waals surface area contributed by atoms with Gasteiger partial charge in [0.15, 0.2) is 0 Å². The van der Waals surface area contributed by atoms with Crippen LogP contribution in [0, 0.1) is 11.3 Å². The van der Waals surface area contributed by atoms with Gasteiger partial charge in [0, 0.05) is 42.0 Å². The van der Waals surface area contributed by atoms with Crippen LogP contribution in [-0.4, -0.2) is 51.0 Å². The Kier molecular flexibility index (Phi) is 6.61. The van der Waals surface area contributed by atoms with Gasteiger partial charge in [-0.2, -0.15) is 0 Å². The molecule has 1 saturated carbocycles. The minimum atomic E-state index is -0.529. The molecule has 2 fully saturated rings. The summed E-state index contributed by atoms with van der Waals surface area (Å²) in [7, 11) is 3.17. The van der Waals surface area contributed by atoms with Crippen LogP contribution < -0.4 is 9.47 Å². The molecule has 0 spiro atoms. The van der Waals surface area contributed by atoms with Gasteiger partial charge in [-0.3, -0.25) is 9.79 Å². The highest BCUT2D eigenvalue weighted by molar-refractivity contribution is 6.12. The summed E-state index contributed by atoms with van der Waals surface area (Å²) in [6, 6.07) is 5.48. The molecule has 3 aliphatic rings. The number of carbonyl (C=O) groups excluding carboxylic acids is 2. The molecule has 0 aromatic heterocycles. The normalized spacial score (nSPS) is 26.5. The molecule has 0 unspecified atom stereocenters. The van der Waals surface area contributed by atoms with Crippen LogP contribution in [0.5, 0.6) is 11.5 Å². The van der Waals surface area contributed by atoms with Gasteiger partial charge in [-0.25, -0.2) is 4.79 Å². The lowest BCUT2D eigenvalue weighted by molar-refractivity contribution is -0.142. The number of rotatable bonds is 6. The second-order valence-corrected chi connectivity index (χ2v) is 9.88. The Morgan fingerprint density at radius 3 is 2.64 bits per heavy atom. The number of aliphatic imine (C=N–C) groups is 1. The van der Waals surface area contributed by atoms with Gasteiger partial charge in [0.25, 0.3) is 0 Å². The lowest BCUT2D eigenvalue weighted by atomic mass is 9.63. The predicted molar refractivity (Wildman–Crippen MR) is 124 cm³/mol. The Labute approximate surface area is 195 Å². The molecule has 4 rings (SSSR count). The first-order chi connectivity index (χ1) is 15.7. The quantitative estimate of drug-likeness (QED) is 0.597. The number of ketones is 1. The molecule has 0 radical (unpaired) electrons. The Bertz CT molecular complexity index is 1000. The monoisotopic (exact) mass is 455 g/mol. The van der Waals surface area contributed by atoms with Gasteiger partial charge in [0.2, 0.25) is 0 Å². The van der Waals surface area contributed by atoms with E-state index in [2.05, 4.69) is 13.8 Å². The van der Waals surface area contributed by atoms with Crippen LogP contribution in [0.1, 0.15) is 57.9 Å². The summed E-state index contributed by atoms with van der Waals surface area (Å²) in [4.78, 5) is 31.6. The molecular weight excluding hydrogens is 422 g/mol. The smallest absolute Gasteiger partial charge is 0.336 e. The van der Waals surface area contributed by atoms with E-state index < -0.39 is 17.8 Å². The lowest BCUT2D eigenvalue weighted by Crippen LogP contribution is -2.44. The molecule has 0 N–H and O–H groups in total. The number of Topliss-reactive ketones (excluding diaryl/α,β-unsaturated/α-hetero) is 1. The van der Waals surface area contributed by atoms with E-state index in [1.165, 1.54) is 0 Å². The number of ether oxygens (including phenoxy) is 4. The maximum atomic E-state index is 13.5. The van der Waals surface area contributed by atoms with Crippen molar-refractivity contribution in [2.24, 2.45) is 16.3 Å². The van der Waals surface area contributed by atoms with Crippen LogP contribution in [-0.2, 0) is 19.1 Å². The van der Waals surface area contributed by atoms with Crippen LogP contribution in [0.3, 0.4) is 0 Å². The molecule has 178 valence electrons. The third-order valence-corrected chi connectivity index (χ3v) is 6.78. The maximum Gasteiger partial charge on any atom is 0.336 e. The molecule has 1 aromatic carbocycles. The van der Waals surface area contributed by atoms with Crippen molar-refractivity contribution in [1.82, 2.24) is 0 Å². The van der Waals surface area contributed by atoms with Crippen molar-refractivity contribution >= 4 is 17.5 Å². The molecule has 1 aromatic rings. The topological polar surface area (TPSA) is 83.4 Å². The van der Waals surface area contributed by atoms with Crippen LogP contribution in [0.25, 0.3) is 0 Å². The minimum absolute atomic E-state index is 0.0800. The molecule has 7 heteroatoms. The van der Waals surface area contributed by atoms with Gasteiger partial charge in [0.05, 0.1) is 31.8 Å². The zero-order valence-corrected chi connectivity index (χ0v) is 20.1. The number of hydrogen-bond donors (Lipinski definition) is 0. The zero-order valence-electron chi connectivity index (χ0n) is 20.1. The standard InChI is InChI=1S/C26H33NO6/c1-15-22(25(29)33-14-17-7-6-10-32-17)23(18-9-8-16(30-4)11-21(18)31-5)24-19(27-15)12-26(2,3)13-20(24)28/h8-9,11,17,23-24H,6-7,10,12-14H2,1-5H3/t17-,23+,24+/m1/s1. The molecular formula is C26H33NO6. The third-order valence-electron chi connectivity index (χ3n) is 6.78. The van der Waals surface area contributed by atoms with Crippen LogP contribution in [0.4, 0.5) is 0 Å². The van der Waals surface area contributed by atoms with Gasteiger partial charge in [-0.15, -0.1) is 0 Å². The molecule has 3 atom stereocenters. The van der Waals surface area contributed by atoms with Crippen LogP contribution in [0.15, 0.2) is 34.5 Å². The second-order valence-electron chi connectivity index (χ2n) is 9.88. The van der Waals surface area contributed by atoms with Crippen molar-refractivity contribution in [2.45, 2.75) is 58.5 Å². The summed E-state index contributed by atoms with van der Waals surface area (Å²) in [5, 5.41) is 0. The summed E-state index contributed by atoms with van der Waals surface area (Å²) in [5.74, 6) is -0.209. The largest absolute Gasteiger partial charge is 0.497 e. The van der Waals surface area contributed by atoms with Crippen molar-refractivity contribution in [3.8, 4) is 11.5 Å². The van der Waals surface area contributed by atoms with Crippen molar-refractivity contribution in [2.75, 3.05) is 27.4 Å². The molecule has 2 aliphatic heterocycles. The fourth-order valence-corrected chi connectivity index (χ4v) is 5.29. The van der Waals surface area contributed by atoms with E-state index >= 15 is 0 Å². The highest BCUT2D eigenvalue weighted by Gasteiger charge is 2.48. The number of fused-ring (bicyclic) bond motifs is 1. The van der Waals surface area contributed by atoms with E-state index in [0.29, 0.717) is 42.2 Å². The fraction of sp³-hybridized carbons (Fsp3) is 0.577. The summed E-state index contributed by atoms with van der Waals surface area (Å²) >= 11 is 0. The first-order valence-electron chi connectivity index (χ1n) is 11.6. The van der Waals surface area contributed by atoms with E-state index in [1.807, 2.05) is 19.1 Å². The van der Waals surface area contributed by atoms with Gasteiger partial charge in [-0.05, 0) is 37.7 Å². The van der Waals surface area contributed by atoms with Crippen molar-refractivity contribution in [3.63, 3.8) is 0 Å². The first kappa shape index (κ1) is 23.5. The second kappa shape index (κ2) is 9.29. The van der Waals surface area contributed by atoms with E-state index in [4.69, 9.17) is 23.9 Å². The van der Waals surface area contributed by atoms with Gasteiger partial charge in [0.1, 0.15) is 23.9 Å². The van der Waals surface area contributed by atoms with Crippen LogP contribution in [0.2, 0.25) is 0 Å². The number of nitrogens with zero attached hydrogens (tertiary/aromatic N) is 1. The molecule has 1 saturated heterocycles. The predicted octanol–water partition coefficient (Wildman–Crippen LogP) is 4.24. The summed E-state index contributed by atoms with van der Waals surface area (Å²) in [6.07, 6.45) is 2.90. The first-order valence-corrected chi connectivity index (χ1v) is 11.6. The van der Waals surface area contributed by atoms with E-state index in [9.17, 15) is 9.59 Å². The fourth-order valence-electron chi connectivity index (χ4n) is 5.29. The number of allylic oxidation sites excluding steroid dienone is 1. The van der Waals surface area contributed by atoms with E-state index in [0.717, 1.165) is 24.1 Å². The highest BCUT2D eigenvalue weighted by Crippen LogP contribution is 2.49. The lowest BCUT2D eigenvalue weighted by Gasteiger charge is -2.41. The summed E-state index contributed by atoms with van der Waals surface area (Å²) < 4.78 is 22.3. The molecule has 33 heavy (non-hydrogen) atoms. The van der Waals surface area contributed by atoms with Gasteiger partial charge < -0.3 is 18.9 Å².